The fourth-order valence-corrected chi connectivity index (χ4v) is 4.55. The number of piperidine rings is 1. The van der Waals surface area contributed by atoms with Gasteiger partial charge in [-0.15, -0.1) is 0 Å². The minimum atomic E-state index is -0.0268. The Labute approximate surface area is 173 Å². The number of carbonyl (C=O) groups is 2. The summed E-state index contributed by atoms with van der Waals surface area (Å²) in [6, 6.07) is 2.03. The minimum Gasteiger partial charge on any atom is -0.381 e. The molecule has 0 spiro atoms. The summed E-state index contributed by atoms with van der Waals surface area (Å²) >= 11 is 0. The van der Waals surface area contributed by atoms with Crippen LogP contribution < -0.4 is 5.32 Å². The van der Waals surface area contributed by atoms with Gasteiger partial charge in [-0.05, 0) is 52.6 Å². The van der Waals surface area contributed by atoms with Crippen molar-refractivity contribution in [2.24, 2.45) is 5.92 Å². The number of rotatable bonds is 5. The molecule has 3 rings (SSSR count). The zero-order valence-corrected chi connectivity index (χ0v) is 18.2. The first-order valence-corrected chi connectivity index (χ1v) is 10.7. The zero-order chi connectivity index (χ0) is 21.0. The second-order valence-electron chi connectivity index (χ2n) is 8.61. The molecule has 1 aromatic rings. The number of nitrogens with zero attached hydrogens (tertiary/aromatic N) is 4. The summed E-state index contributed by atoms with van der Waals surface area (Å²) in [5.74, 6) is 0.221. The van der Waals surface area contributed by atoms with Crippen molar-refractivity contribution in [1.29, 1.82) is 0 Å². The van der Waals surface area contributed by atoms with Crippen LogP contribution in [0.4, 0.5) is 0 Å². The van der Waals surface area contributed by atoms with Crippen LogP contribution >= 0.6 is 0 Å². The van der Waals surface area contributed by atoms with Gasteiger partial charge >= 0.3 is 0 Å². The summed E-state index contributed by atoms with van der Waals surface area (Å²) < 4.78 is 7.15. The van der Waals surface area contributed by atoms with Gasteiger partial charge in [-0.1, -0.05) is 0 Å². The number of ether oxygens (including phenoxy) is 1. The van der Waals surface area contributed by atoms with Gasteiger partial charge in [0, 0.05) is 45.0 Å². The van der Waals surface area contributed by atoms with Crippen molar-refractivity contribution in [3.8, 4) is 0 Å². The maximum atomic E-state index is 13.0. The molecule has 0 aromatic carbocycles. The van der Waals surface area contributed by atoms with Gasteiger partial charge in [0.15, 0.2) is 0 Å². The smallest absolute Gasteiger partial charge is 0.242 e. The Morgan fingerprint density at radius 2 is 1.90 bits per heavy atom. The number of hydrogen-bond acceptors (Lipinski definition) is 5. The van der Waals surface area contributed by atoms with Gasteiger partial charge in [0.25, 0.3) is 0 Å². The van der Waals surface area contributed by atoms with Crippen molar-refractivity contribution in [3.05, 3.63) is 17.5 Å². The van der Waals surface area contributed by atoms with Gasteiger partial charge in [-0.25, -0.2) is 0 Å². The lowest BCUT2D eigenvalue weighted by atomic mass is 9.98. The second-order valence-corrected chi connectivity index (χ2v) is 8.61. The molecule has 29 heavy (non-hydrogen) atoms. The molecular formula is C21H35N5O3. The van der Waals surface area contributed by atoms with E-state index in [1.807, 2.05) is 31.9 Å². The Kier molecular flexibility index (Phi) is 7.29. The molecule has 0 unspecified atom stereocenters. The second kappa shape index (κ2) is 9.71. The minimum absolute atomic E-state index is 0.00277. The topological polar surface area (TPSA) is 79.7 Å². The lowest BCUT2D eigenvalue weighted by molar-refractivity contribution is -0.138. The third-order valence-electron chi connectivity index (χ3n) is 6.13. The molecule has 162 valence electrons. The molecule has 8 heteroatoms. The molecule has 2 atom stereocenters. The van der Waals surface area contributed by atoms with Crippen LogP contribution in [-0.4, -0.2) is 83.9 Å². The predicted molar refractivity (Wildman–Crippen MR) is 110 cm³/mol. The normalized spacial score (nSPS) is 24.3. The Morgan fingerprint density at radius 1 is 1.17 bits per heavy atom. The van der Waals surface area contributed by atoms with Gasteiger partial charge in [-0.3, -0.25) is 14.3 Å². The molecule has 1 N–H and O–H groups in total. The number of amides is 2. The predicted octanol–water partition coefficient (Wildman–Crippen LogP) is 0.964. The quantitative estimate of drug-likeness (QED) is 0.790. The third-order valence-corrected chi connectivity index (χ3v) is 6.13. The Bertz CT molecular complexity index is 711. The summed E-state index contributed by atoms with van der Waals surface area (Å²) in [4.78, 5) is 29.7. The molecule has 2 saturated heterocycles. The molecule has 2 amide bonds. The van der Waals surface area contributed by atoms with Gasteiger partial charge in [0.05, 0.1) is 17.7 Å². The van der Waals surface area contributed by atoms with Crippen LogP contribution in [0.3, 0.4) is 0 Å². The number of aryl methyl sites for hydroxylation is 2. The number of nitrogens with one attached hydrogen (secondary N) is 1. The fourth-order valence-electron chi connectivity index (χ4n) is 4.55. The molecule has 2 fully saturated rings. The van der Waals surface area contributed by atoms with Gasteiger partial charge in [-0.2, -0.15) is 5.10 Å². The van der Waals surface area contributed by atoms with Crippen LogP contribution in [-0.2, 0) is 20.9 Å². The molecule has 0 radical (unpaired) electrons. The molecule has 2 aliphatic heterocycles. The van der Waals surface area contributed by atoms with Gasteiger partial charge < -0.3 is 19.9 Å². The number of methoxy groups -OCH3 is 1. The summed E-state index contributed by atoms with van der Waals surface area (Å²) in [5.41, 5.74) is 1.90. The first kappa shape index (κ1) is 21.8. The fraction of sp³-hybridized carbons (Fsp3) is 0.762. The average molecular weight is 406 g/mol. The summed E-state index contributed by atoms with van der Waals surface area (Å²) in [7, 11) is 3.77. The molecule has 1 aromatic heterocycles. The molecule has 0 saturated carbocycles. The molecule has 0 bridgehead atoms. The van der Waals surface area contributed by atoms with Crippen LogP contribution in [0.5, 0.6) is 0 Å². The van der Waals surface area contributed by atoms with Crippen molar-refractivity contribution in [1.82, 2.24) is 24.9 Å². The van der Waals surface area contributed by atoms with Crippen molar-refractivity contribution in [3.63, 3.8) is 0 Å². The first-order valence-electron chi connectivity index (χ1n) is 10.7. The van der Waals surface area contributed by atoms with E-state index in [4.69, 9.17) is 4.74 Å². The summed E-state index contributed by atoms with van der Waals surface area (Å²) in [6.07, 6.45) is 3.72. The molecule has 8 nitrogen and oxygen atoms in total. The monoisotopic (exact) mass is 405 g/mol. The Hall–Kier alpha value is -1.93. The Balaban J connectivity index is 1.51. The van der Waals surface area contributed by atoms with Crippen molar-refractivity contribution in [2.45, 2.75) is 58.2 Å². The van der Waals surface area contributed by atoms with E-state index < -0.39 is 0 Å². The number of likely N-dealkylation sites (tertiary alicyclic amines) is 2. The highest BCUT2D eigenvalue weighted by Crippen LogP contribution is 2.21. The molecule has 2 aliphatic rings. The van der Waals surface area contributed by atoms with Gasteiger partial charge in [0.1, 0.15) is 6.54 Å². The number of likely N-dealkylation sites (N-methyl/N-ethyl adjacent to an activating group) is 1. The third kappa shape index (κ3) is 5.79. The number of aromatic nitrogens is 2. The maximum Gasteiger partial charge on any atom is 0.242 e. The van der Waals surface area contributed by atoms with E-state index in [2.05, 4.69) is 15.3 Å². The van der Waals surface area contributed by atoms with E-state index in [0.717, 1.165) is 63.3 Å². The van der Waals surface area contributed by atoms with E-state index in [0.29, 0.717) is 0 Å². The van der Waals surface area contributed by atoms with E-state index >= 15 is 0 Å². The van der Waals surface area contributed by atoms with E-state index in [1.54, 1.807) is 11.8 Å². The van der Waals surface area contributed by atoms with E-state index in [-0.39, 0.29) is 36.4 Å². The largest absolute Gasteiger partial charge is 0.381 e. The van der Waals surface area contributed by atoms with Crippen LogP contribution in [0.2, 0.25) is 0 Å². The highest BCUT2D eigenvalue weighted by atomic mass is 16.5. The standard InChI is InChI=1S/C21H35N5O3/c1-15-11-16(2)26(23-15)14-20(27)22-18-6-5-17(12-24(3)13-18)21(28)25-9-7-19(29-4)8-10-25/h11,17-19H,5-10,12-14H2,1-4H3,(H,22,27)/t17-,18+/m1/s1. The number of carbonyl (C=O) groups excluding carboxylic acids is 2. The lowest BCUT2D eigenvalue weighted by Gasteiger charge is -2.34. The average Bonchev–Trinajstić information content (AvgIpc) is 2.88. The SMILES string of the molecule is COC1CCN(C(=O)[C@@H]2CC[C@H](NC(=O)Cn3nc(C)cc3C)CN(C)C2)CC1. The molecule has 0 aliphatic carbocycles. The van der Waals surface area contributed by atoms with Crippen molar-refractivity contribution in [2.75, 3.05) is 40.3 Å². The van der Waals surface area contributed by atoms with Crippen molar-refractivity contribution < 1.29 is 14.3 Å². The van der Waals surface area contributed by atoms with E-state index in [1.165, 1.54) is 0 Å². The molecular weight excluding hydrogens is 370 g/mol. The number of hydrogen-bond donors (Lipinski definition) is 1. The summed E-state index contributed by atoms with van der Waals surface area (Å²) in [5, 5.41) is 7.51. The van der Waals surface area contributed by atoms with Gasteiger partial charge in [0.2, 0.25) is 11.8 Å². The highest BCUT2D eigenvalue weighted by Gasteiger charge is 2.32. The van der Waals surface area contributed by atoms with Crippen LogP contribution in [0.15, 0.2) is 6.07 Å². The van der Waals surface area contributed by atoms with Crippen LogP contribution in [0.25, 0.3) is 0 Å². The van der Waals surface area contributed by atoms with Crippen molar-refractivity contribution >= 4 is 11.8 Å². The Morgan fingerprint density at radius 3 is 2.52 bits per heavy atom. The van der Waals surface area contributed by atoms with Crippen LogP contribution in [0, 0.1) is 19.8 Å². The first-order chi connectivity index (χ1) is 13.9. The van der Waals surface area contributed by atoms with E-state index in [9.17, 15) is 9.59 Å². The summed E-state index contributed by atoms with van der Waals surface area (Å²) in [6.45, 7) is 7.18. The maximum absolute atomic E-state index is 13.0. The zero-order valence-electron chi connectivity index (χ0n) is 18.2. The van der Waals surface area contributed by atoms with Crippen LogP contribution in [0.1, 0.15) is 37.1 Å². The molecule has 3 heterocycles. The lowest BCUT2D eigenvalue weighted by Crippen LogP contribution is -2.45. The highest BCUT2D eigenvalue weighted by molar-refractivity contribution is 5.79.